The van der Waals surface area contributed by atoms with Crippen LogP contribution in [-0.4, -0.2) is 72.4 Å². The molecule has 12 heteroatoms. The zero-order chi connectivity index (χ0) is 24.6. The van der Waals surface area contributed by atoms with Gasteiger partial charge in [-0.1, -0.05) is 11.2 Å². The number of aliphatic hydroxyl groups is 2. The molecule has 2 aliphatic heterocycles. The van der Waals surface area contributed by atoms with Gasteiger partial charge in [0, 0.05) is 49.7 Å². The fourth-order valence-corrected chi connectivity index (χ4v) is 4.73. The van der Waals surface area contributed by atoms with Crippen molar-refractivity contribution < 1.29 is 14.7 Å². The molecular weight excluding hydrogens is 462 g/mol. The minimum Gasteiger partial charge on any atom is -0.389 e. The quantitative estimate of drug-likeness (QED) is 0.315. The summed E-state index contributed by atoms with van der Waals surface area (Å²) in [5.41, 5.74) is 2.36. The van der Waals surface area contributed by atoms with Gasteiger partial charge in [0.1, 0.15) is 17.3 Å². The van der Waals surface area contributed by atoms with Crippen molar-refractivity contribution in [3.8, 4) is 11.4 Å². The van der Waals surface area contributed by atoms with Crippen molar-refractivity contribution in [1.82, 2.24) is 30.3 Å². The second-order valence-corrected chi connectivity index (χ2v) is 9.19. The zero-order valence-corrected chi connectivity index (χ0v) is 19.7. The number of pyridine rings is 1. The lowest BCUT2D eigenvalue weighted by Gasteiger charge is -2.25. The molecule has 4 aromatic rings. The normalized spacial score (nSPS) is 21.9. The lowest BCUT2D eigenvalue weighted by molar-refractivity contribution is 0.0572. The summed E-state index contributed by atoms with van der Waals surface area (Å²) in [6.45, 7) is 3.25. The van der Waals surface area contributed by atoms with Crippen LogP contribution in [0.1, 0.15) is 30.3 Å². The highest BCUT2D eigenvalue weighted by Crippen LogP contribution is 2.37. The summed E-state index contributed by atoms with van der Waals surface area (Å²) in [6, 6.07) is 11.2. The number of hydrogen-bond acceptors (Lipinski definition) is 11. The van der Waals surface area contributed by atoms with Crippen molar-refractivity contribution in [3.63, 3.8) is 0 Å². The summed E-state index contributed by atoms with van der Waals surface area (Å²) < 4.78 is 5.75. The van der Waals surface area contributed by atoms with Crippen molar-refractivity contribution >= 4 is 23.4 Å². The van der Waals surface area contributed by atoms with Crippen LogP contribution in [0.5, 0.6) is 0 Å². The monoisotopic (exact) mass is 489 g/mol. The van der Waals surface area contributed by atoms with E-state index in [-0.39, 0.29) is 19.1 Å². The number of β-amino-alcohol motifs (C(OH)–C–C–N with tert-alkyl or cyclic N) is 2. The first kappa shape index (κ1) is 22.4. The van der Waals surface area contributed by atoms with Crippen LogP contribution in [0, 0.1) is 6.92 Å². The van der Waals surface area contributed by atoms with Gasteiger partial charge in [0.2, 0.25) is 5.95 Å². The minimum absolute atomic E-state index is 0.0829. The molecule has 0 radical (unpaired) electrons. The van der Waals surface area contributed by atoms with Gasteiger partial charge in [0.05, 0.1) is 23.9 Å². The predicted octanol–water partition coefficient (Wildman–Crippen LogP) is 2.19. The van der Waals surface area contributed by atoms with E-state index in [1.54, 1.807) is 12.3 Å². The number of aromatic nitrogens is 6. The summed E-state index contributed by atoms with van der Waals surface area (Å²) in [4.78, 5) is 18.0. The molecule has 3 atom stereocenters. The van der Waals surface area contributed by atoms with Crippen molar-refractivity contribution in [3.05, 3.63) is 54.0 Å². The van der Waals surface area contributed by atoms with Gasteiger partial charge in [-0.2, -0.15) is 15.1 Å². The molecule has 36 heavy (non-hydrogen) atoms. The van der Waals surface area contributed by atoms with Gasteiger partial charge in [0.15, 0.2) is 11.6 Å². The van der Waals surface area contributed by atoms with E-state index >= 15 is 0 Å². The summed E-state index contributed by atoms with van der Waals surface area (Å²) in [5.74, 6) is 3.07. The Morgan fingerprint density at radius 1 is 1.06 bits per heavy atom. The number of aryl methyl sites for hydroxylation is 1. The fraction of sp³-hybridized carbons (Fsp3) is 0.375. The summed E-state index contributed by atoms with van der Waals surface area (Å²) in [7, 11) is 0. The highest BCUT2D eigenvalue weighted by Gasteiger charge is 2.34. The third kappa shape index (κ3) is 4.36. The molecule has 0 spiro atoms. The average Bonchev–Trinajstić information content (AvgIpc) is 3.68. The van der Waals surface area contributed by atoms with Crippen molar-refractivity contribution in [2.24, 2.45) is 0 Å². The smallest absolute Gasteiger partial charge is 0.229 e. The number of aliphatic hydroxyl groups excluding tert-OH is 2. The highest BCUT2D eigenvalue weighted by molar-refractivity contribution is 5.61. The van der Waals surface area contributed by atoms with Gasteiger partial charge < -0.3 is 29.9 Å². The Balaban J connectivity index is 1.33. The van der Waals surface area contributed by atoms with Crippen LogP contribution in [0.2, 0.25) is 0 Å². The Kier molecular flexibility index (Phi) is 5.74. The summed E-state index contributed by atoms with van der Waals surface area (Å²) in [6.07, 6.45) is 1.89. The zero-order valence-electron chi connectivity index (χ0n) is 19.7. The average molecular weight is 490 g/mol. The largest absolute Gasteiger partial charge is 0.389 e. The number of aromatic amines is 1. The second-order valence-electron chi connectivity index (χ2n) is 9.19. The van der Waals surface area contributed by atoms with E-state index in [1.165, 1.54) is 0 Å². The lowest BCUT2D eigenvalue weighted by Crippen LogP contribution is -2.27. The van der Waals surface area contributed by atoms with Crippen LogP contribution in [0.3, 0.4) is 0 Å². The number of hydrogen-bond donors (Lipinski definition) is 4. The Labute approximate surface area is 207 Å². The predicted molar refractivity (Wildman–Crippen MR) is 132 cm³/mol. The molecule has 4 aromatic heterocycles. The number of anilines is 4. The maximum absolute atomic E-state index is 10.1. The van der Waals surface area contributed by atoms with E-state index in [0.717, 1.165) is 36.5 Å². The molecule has 0 aliphatic carbocycles. The van der Waals surface area contributed by atoms with Crippen LogP contribution in [0.4, 0.5) is 23.4 Å². The van der Waals surface area contributed by atoms with Crippen LogP contribution < -0.4 is 15.1 Å². The van der Waals surface area contributed by atoms with Crippen LogP contribution in [0.25, 0.3) is 11.4 Å². The summed E-state index contributed by atoms with van der Waals surface area (Å²) in [5, 5.41) is 34.9. The van der Waals surface area contributed by atoms with Crippen molar-refractivity contribution in [1.29, 1.82) is 0 Å². The maximum atomic E-state index is 10.1. The molecule has 186 valence electrons. The lowest BCUT2D eigenvalue weighted by atomic mass is 10.1. The fourth-order valence-electron chi connectivity index (χ4n) is 4.73. The van der Waals surface area contributed by atoms with Gasteiger partial charge in [0.25, 0.3) is 0 Å². The number of H-pyrrole nitrogens is 1. The van der Waals surface area contributed by atoms with Crippen molar-refractivity contribution in [2.45, 2.75) is 38.0 Å². The summed E-state index contributed by atoms with van der Waals surface area (Å²) >= 11 is 0. The van der Waals surface area contributed by atoms with Crippen molar-refractivity contribution in [2.75, 3.05) is 34.8 Å². The van der Waals surface area contributed by atoms with Gasteiger partial charge in [-0.25, -0.2) is 0 Å². The Hall–Kier alpha value is -4.03. The molecule has 2 fully saturated rings. The molecule has 2 aliphatic rings. The van der Waals surface area contributed by atoms with E-state index < -0.39 is 12.2 Å². The number of rotatable bonds is 6. The maximum Gasteiger partial charge on any atom is 0.229 e. The van der Waals surface area contributed by atoms with E-state index in [2.05, 4.69) is 30.6 Å². The number of nitrogens with one attached hydrogen (secondary N) is 2. The molecule has 6 rings (SSSR count). The van der Waals surface area contributed by atoms with Crippen LogP contribution >= 0.6 is 0 Å². The Morgan fingerprint density at radius 2 is 1.92 bits per heavy atom. The third-order valence-electron chi connectivity index (χ3n) is 6.54. The van der Waals surface area contributed by atoms with Gasteiger partial charge >= 0.3 is 0 Å². The van der Waals surface area contributed by atoms with Crippen LogP contribution in [-0.2, 0) is 0 Å². The minimum atomic E-state index is -0.826. The molecular formula is C24H27N9O3. The molecule has 6 heterocycles. The van der Waals surface area contributed by atoms with Crippen LogP contribution in [0.15, 0.2) is 47.1 Å². The Bertz CT molecular complexity index is 1330. The first-order chi connectivity index (χ1) is 17.5. The third-order valence-corrected chi connectivity index (χ3v) is 6.54. The molecule has 4 N–H and O–H groups in total. The van der Waals surface area contributed by atoms with E-state index in [4.69, 9.17) is 14.5 Å². The second kappa shape index (κ2) is 9.21. The molecule has 12 nitrogen and oxygen atoms in total. The van der Waals surface area contributed by atoms with E-state index in [9.17, 15) is 10.2 Å². The van der Waals surface area contributed by atoms with Gasteiger partial charge in [-0.15, -0.1) is 0 Å². The van der Waals surface area contributed by atoms with Gasteiger partial charge in [-0.05, 0) is 31.9 Å². The molecule has 0 bridgehead atoms. The molecule has 0 aromatic carbocycles. The molecule has 2 saturated heterocycles. The van der Waals surface area contributed by atoms with E-state index in [1.807, 2.05) is 42.2 Å². The topological polar surface area (TPSA) is 152 Å². The molecule has 0 unspecified atom stereocenters. The Morgan fingerprint density at radius 3 is 2.67 bits per heavy atom. The van der Waals surface area contributed by atoms with Gasteiger partial charge in [-0.3, -0.25) is 10.1 Å². The SMILES string of the molecule is Cc1cc(Nc2cc(N3C[C@@H](O)[C@@H](O)C3)nc(N3CCC[C@H]3c3cc(-c4ccccn4)no3)n2)n[nH]1. The molecule has 0 saturated carbocycles. The first-order valence-corrected chi connectivity index (χ1v) is 12.0. The highest BCUT2D eigenvalue weighted by atomic mass is 16.5. The standard InChI is InChI=1S/C24H27N9O3/c1-14-9-22(30-29-14)26-21-11-23(32-12-18(34)19(35)13-32)28-24(27-21)33-8-4-6-17(33)20-10-16(31-36-20)15-5-2-3-7-25-15/h2-3,5,7,9-11,17-19,34-35H,4,6,8,12-13H2,1H3,(H2,26,27,28,29,30)/t17-,18-,19+/m0/s1. The molecule has 0 amide bonds. The number of nitrogens with zero attached hydrogens (tertiary/aromatic N) is 7. The van der Waals surface area contributed by atoms with E-state index in [0.29, 0.717) is 29.1 Å². The first-order valence-electron chi connectivity index (χ1n) is 12.0.